The molecular formula is C21H18BrN3O2S. The third-order valence-electron chi connectivity index (χ3n) is 4.33. The van der Waals surface area contributed by atoms with Gasteiger partial charge in [0.2, 0.25) is 5.91 Å². The van der Waals surface area contributed by atoms with Crippen molar-refractivity contribution < 1.29 is 9.59 Å². The number of amides is 2. The normalized spacial score (nSPS) is 18.0. The van der Waals surface area contributed by atoms with E-state index in [1.54, 1.807) is 0 Å². The Bertz CT molecular complexity index is 995. The molecular weight excluding hydrogens is 438 g/mol. The summed E-state index contributed by atoms with van der Waals surface area (Å²) in [5, 5.41) is 12.0. The van der Waals surface area contributed by atoms with E-state index in [0.717, 1.165) is 15.6 Å². The van der Waals surface area contributed by atoms with Crippen LogP contribution in [0.25, 0.3) is 0 Å². The minimum Gasteiger partial charge on any atom is -0.354 e. The van der Waals surface area contributed by atoms with E-state index in [4.69, 9.17) is 0 Å². The molecule has 1 heterocycles. The molecule has 3 rings (SSSR count). The van der Waals surface area contributed by atoms with Gasteiger partial charge in [0.1, 0.15) is 16.7 Å². The molecule has 2 aromatic rings. The Morgan fingerprint density at radius 3 is 2.61 bits per heavy atom. The van der Waals surface area contributed by atoms with E-state index in [0.29, 0.717) is 17.1 Å². The predicted molar refractivity (Wildman–Crippen MR) is 115 cm³/mol. The van der Waals surface area contributed by atoms with Gasteiger partial charge in [0.25, 0.3) is 5.91 Å². The van der Waals surface area contributed by atoms with Crippen LogP contribution in [0, 0.1) is 18.3 Å². The van der Waals surface area contributed by atoms with E-state index in [2.05, 4.69) is 21.2 Å². The van der Waals surface area contributed by atoms with Gasteiger partial charge in [0.15, 0.2) is 0 Å². The van der Waals surface area contributed by atoms with Gasteiger partial charge in [-0.25, -0.2) is 0 Å². The van der Waals surface area contributed by atoms with Crippen molar-refractivity contribution in [2.45, 2.75) is 18.6 Å². The molecule has 1 saturated heterocycles. The van der Waals surface area contributed by atoms with Crippen molar-refractivity contribution >= 4 is 45.2 Å². The lowest BCUT2D eigenvalue weighted by atomic mass is 10.1. The number of likely N-dealkylation sites (N-methyl/N-ethyl adjacent to an activating group) is 1. The highest BCUT2D eigenvalue weighted by Crippen LogP contribution is 2.42. The Morgan fingerprint density at radius 1 is 1.29 bits per heavy atom. The lowest BCUT2D eigenvalue weighted by molar-refractivity contribution is -0.117. The first-order valence-electron chi connectivity index (χ1n) is 8.62. The molecule has 0 unspecified atom stereocenters. The highest BCUT2D eigenvalue weighted by molar-refractivity contribution is 9.10. The topological polar surface area (TPSA) is 73.2 Å². The van der Waals surface area contributed by atoms with Crippen LogP contribution >= 0.6 is 27.7 Å². The lowest BCUT2D eigenvalue weighted by Crippen LogP contribution is -2.31. The Kier molecular flexibility index (Phi) is 6.22. The molecule has 142 valence electrons. The van der Waals surface area contributed by atoms with Crippen molar-refractivity contribution in [3.8, 4) is 6.07 Å². The van der Waals surface area contributed by atoms with Gasteiger partial charge in [-0.2, -0.15) is 5.26 Å². The number of hydrogen-bond acceptors (Lipinski definition) is 4. The number of carbonyl (C=O) groups excluding carboxylic acids is 2. The van der Waals surface area contributed by atoms with Crippen LogP contribution in [-0.4, -0.2) is 24.1 Å². The predicted octanol–water partition coefficient (Wildman–Crippen LogP) is 3.93. The average molecular weight is 456 g/mol. The zero-order valence-corrected chi connectivity index (χ0v) is 17.8. The number of carbonyl (C=O) groups is 2. The monoisotopic (exact) mass is 455 g/mol. The first-order valence-corrected chi connectivity index (χ1v) is 10.3. The molecule has 1 aliphatic heterocycles. The molecule has 7 heteroatoms. The molecule has 1 aliphatic rings. The highest BCUT2D eigenvalue weighted by atomic mass is 79.9. The Morgan fingerprint density at radius 2 is 2.00 bits per heavy atom. The van der Waals surface area contributed by atoms with Gasteiger partial charge in [-0.05, 0) is 43.2 Å². The summed E-state index contributed by atoms with van der Waals surface area (Å²) in [6.07, 6.45) is 0.501. The van der Waals surface area contributed by atoms with E-state index in [1.165, 1.54) is 23.7 Å². The maximum atomic E-state index is 13.2. The van der Waals surface area contributed by atoms with Gasteiger partial charge in [0, 0.05) is 17.2 Å². The molecule has 0 aliphatic carbocycles. The van der Waals surface area contributed by atoms with E-state index in [-0.39, 0.29) is 11.5 Å². The molecule has 5 nitrogen and oxygen atoms in total. The zero-order valence-electron chi connectivity index (χ0n) is 15.4. The number of anilines is 1. The second-order valence-electron chi connectivity index (χ2n) is 6.32. The van der Waals surface area contributed by atoms with Crippen LogP contribution < -0.4 is 10.2 Å². The number of aryl methyl sites for hydroxylation is 1. The third-order valence-corrected chi connectivity index (χ3v) is 6.09. The zero-order chi connectivity index (χ0) is 20.3. The number of nitrogens with zero attached hydrogens (tertiary/aromatic N) is 2. The molecule has 2 aromatic carbocycles. The molecule has 0 spiro atoms. The maximum Gasteiger partial charge on any atom is 0.264 e. The van der Waals surface area contributed by atoms with E-state index in [9.17, 15) is 14.9 Å². The lowest BCUT2D eigenvalue weighted by Gasteiger charge is -2.18. The standard InChI is InChI=1S/C21H18BrN3O2S/c1-13-6-8-16(9-7-13)25-20(27)18(11-14-4-3-5-15(22)10-14)28-21(25)17(12-23)19(26)24-2/h3-10,18H,11H2,1-2H3,(H,24,26)/b21-17+/t18-/m1/s1. The van der Waals surface area contributed by atoms with Gasteiger partial charge in [0.05, 0.1) is 5.25 Å². The Labute approximate surface area is 176 Å². The van der Waals surface area contributed by atoms with Crippen LogP contribution in [0.5, 0.6) is 0 Å². The van der Waals surface area contributed by atoms with Gasteiger partial charge in [-0.3, -0.25) is 14.5 Å². The van der Waals surface area contributed by atoms with Gasteiger partial charge < -0.3 is 5.32 Å². The minimum absolute atomic E-state index is 0.0573. The highest BCUT2D eigenvalue weighted by Gasteiger charge is 2.40. The second kappa shape index (κ2) is 8.63. The number of rotatable bonds is 4. The molecule has 0 saturated carbocycles. The molecule has 1 atom stereocenters. The molecule has 2 amide bonds. The second-order valence-corrected chi connectivity index (χ2v) is 8.43. The Balaban J connectivity index is 2.04. The van der Waals surface area contributed by atoms with Crippen molar-refractivity contribution in [1.82, 2.24) is 5.32 Å². The van der Waals surface area contributed by atoms with Crippen LogP contribution in [0.2, 0.25) is 0 Å². The summed E-state index contributed by atoms with van der Waals surface area (Å²) in [5.41, 5.74) is 2.65. The van der Waals surface area contributed by atoms with Crippen LogP contribution in [0.3, 0.4) is 0 Å². The van der Waals surface area contributed by atoms with Crippen LogP contribution in [0.1, 0.15) is 11.1 Å². The molecule has 28 heavy (non-hydrogen) atoms. The number of hydrogen-bond donors (Lipinski definition) is 1. The fourth-order valence-corrected chi connectivity index (χ4v) is 4.67. The van der Waals surface area contributed by atoms with Crippen LogP contribution in [0.15, 0.2) is 63.6 Å². The van der Waals surface area contributed by atoms with E-state index >= 15 is 0 Å². The number of nitriles is 1. The summed E-state index contributed by atoms with van der Waals surface area (Å²) in [6.45, 7) is 1.96. The molecule has 0 aromatic heterocycles. The summed E-state index contributed by atoms with van der Waals surface area (Å²) in [5.74, 6) is -0.640. The van der Waals surface area contributed by atoms with Crippen molar-refractivity contribution in [3.05, 3.63) is 74.7 Å². The fourth-order valence-electron chi connectivity index (χ4n) is 2.92. The van der Waals surface area contributed by atoms with Crippen molar-refractivity contribution in [2.24, 2.45) is 0 Å². The van der Waals surface area contributed by atoms with E-state index in [1.807, 2.05) is 61.5 Å². The van der Waals surface area contributed by atoms with Crippen molar-refractivity contribution in [2.75, 3.05) is 11.9 Å². The smallest absolute Gasteiger partial charge is 0.264 e. The van der Waals surface area contributed by atoms with Crippen molar-refractivity contribution in [1.29, 1.82) is 5.26 Å². The van der Waals surface area contributed by atoms with Crippen LogP contribution in [-0.2, 0) is 16.0 Å². The van der Waals surface area contributed by atoms with Gasteiger partial charge in [-0.15, -0.1) is 0 Å². The summed E-state index contributed by atoms with van der Waals surface area (Å²) >= 11 is 4.71. The summed E-state index contributed by atoms with van der Waals surface area (Å²) in [6, 6.07) is 17.2. The Hall–Kier alpha value is -2.56. The number of nitrogens with one attached hydrogen (secondary N) is 1. The quantitative estimate of drug-likeness (QED) is 0.559. The molecule has 1 N–H and O–H groups in total. The first kappa shape index (κ1) is 20.2. The third kappa shape index (κ3) is 4.13. The SMILES string of the molecule is CNC(=O)/C(C#N)=C1/S[C@H](Cc2cccc(Br)c2)C(=O)N1c1ccc(C)cc1. The van der Waals surface area contributed by atoms with Gasteiger partial charge >= 0.3 is 0 Å². The van der Waals surface area contributed by atoms with Crippen LogP contribution in [0.4, 0.5) is 5.69 Å². The molecule has 1 fully saturated rings. The average Bonchev–Trinajstić information content (AvgIpc) is 2.99. The number of halogens is 1. The maximum absolute atomic E-state index is 13.2. The van der Waals surface area contributed by atoms with E-state index < -0.39 is 11.2 Å². The summed E-state index contributed by atoms with van der Waals surface area (Å²) in [4.78, 5) is 27.0. The summed E-state index contributed by atoms with van der Waals surface area (Å²) < 4.78 is 0.940. The largest absolute Gasteiger partial charge is 0.354 e. The first-order chi connectivity index (χ1) is 13.4. The molecule has 0 radical (unpaired) electrons. The minimum atomic E-state index is -0.502. The fraction of sp³-hybridized carbons (Fsp3) is 0.190. The molecule has 0 bridgehead atoms. The van der Waals surface area contributed by atoms with Crippen molar-refractivity contribution in [3.63, 3.8) is 0 Å². The van der Waals surface area contributed by atoms with Gasteiger partial charge in [-0.1, -0.05) is 57.5 Å². The number of benzene rings is 2. The number of thioether (sulfide) groups is 1. The summed E-state index contributed by atoms with van der Waals surface area (Å²) in [7, 11) is 1.47.